The maximum absolute atomic E-state index is 13.1. The molecular weight excluding hydrogens is 248 g/mol. The SMILES string of the molecule is Cc1ccc(NC(=O)c2ccc(F)c(F)c2)c(C)c1. The average molecular weight is 261 g/mol. The van der Waals surface area contributed by atoms with Crippen LogP contribution >= 0.6 is 0 Å². The Labute approximate surface area is 110 Å². The Bertz CT molecular complexity index is 638. The molecule has 0 atom stereocenters. The van der Waals surface area contributed by atoms with E-state index in [1.54, 1.807) is 6.07 Å². The monoisotopic (exact) mass is 261 g/mol. The second kappa shape index (κ2) is 5.18. The number of hydrogen-bond donors (Lipinski definition) is 1. The predicted octanol–water partition coefficient (Wildman–Crippen LogP) is 3.83. The lowest BCUT2D eigenvalue weighted by Gasteiger charge is -2.09. The molecule has 2 rings (SSSR count). The first-order valence-electron chi connectivity index (χ1n) is 5.81. The highest BCUT2D eigenvalue weighted by atomic mass is 19.2. The molecule has 0 saturated heterocycles. The highest BCUT2D eigenvalue weighted by Crippen LogP contribution is 2.17. The summed E-state index contributed by atoms with van der Waals surface area (Å²) in [5.41, 5.74) is 2.73. The zero-order chi connectivity index (χ0) is 14.0. The number of nitrogens with one attached hydrogen (secondary N) is 1. The molecule has 2 aromatic carbocycles. The van der Waals surface area contributed by atoms with Crippen LogP contribution in [0.2, 0.25) is 0 Å². The first kappa shape index (κ1) is 13.2. The number of carbonyl (C=O) groups is 1. The van der Waals surface area contributed by atoms with Crippen molar-refractivity contribution in [3.8, 4) is 0 Å². The fraction of sp³-hybridized carbons (Fsp3) is 0.133. The average Bonchev–Trinajstić information content (AvgIpc) is 2.36. The van der Waals surface area contributed by atoms with Gasteiger partial charge in [-0.15, -0.1) is 0 Å². The quantitative estimate of drug-likeness (QED) is 0.874. The summed E-state index contributed by atoms with van der Waals surface area (Å²) in [6.07, 6.45) is 0. The minimum Gasteiger partial charge on any atom is -0.322 e. The van der Waals surface area contributed by atoms with Crippen LogP contribution in [0.3, 0.4) is 0 Å². The lowest BCUT2D eigenvalue weighted by atomic mass is 10.1. The van der Waals surface area contributed by atoms with E-state index in [2.05, 4.69) is 5.32 Å². The second-order valence-corrected chi connectivity index (χ2v) is 4.40. The van der Waals surface area contributed by atoms with Crippen molar-refractivity contribution in [3.05, 3.63) is 64.7 Å². The molecule has 0 aromatic heterocycles. The van der Waals surface area contributed by atoms with Gasteiger partial charge in [0.2, 0.25) is 0 Å². The van der Waals surface area contributed by atoms with Gasteiger partial charge in [0.15, 0.2) is 11.6 Å². The predicted molar refractivity (Wildman–Crippen MR) is 70.2 cm³/mol. The van der Waals surface area contributed by atoms with Crippen LogP contribution < -0.4 is 5.32 Å². The summed E-state index contributed by atoms with van der Waals surface area (Å²) in [5, 5.41) is 2.67. The van der Waals surface area contributed by atoms with E-state index in [0.717, 1.165) is 23.3 Å². The van der Waals surface area contributed by atoms with E-state index in [1.807, 2.05) is 26.0 Å². The lowest BCUT2D eigenvalue weighted by Crippen LogP contribution is -2.13. The van der Waals surface area contributed by atoms with Crippen molar-refractivity contribution < 1.29 is 13.6 Å². The largest absolute Gasteiger partial charge is 0.322 e. The van der Waals surface area contributed by atoms with Crippen LogP contribution in [0.25, 0.3) is 0 Å². The fourth-order valence-corrected chi connectivity index (χ4v) is 1.79. The molecule has 0 radical (unpaired) electrons. The summed E-state index contributed by atoms with van der Waals surface area (Å²) < 4.78 is 25.8. The summed E-state index contributed by atoms with van der Waals surface area (Å²) in [7, 11) is 0. The molecular formula is C15H13F2NO. The number of rotatable bonds is 2. The van der Waals surface area contributed by atoms with Gasteiger partial charge < -0.3 is 5.32 Å². The third-order valence-corrected chi connectivity index (χ3v) is 2.81. The van der Waals surface area contributed by atoms with Crippen LogP contribution in [-0.2, 0) is 0 Å². The van der Waals surface area contributed by atoms with Crippen molar-refractivity contribution in [3.63, 3.8) is 0 Å². The molecule has 0 heterocycles. The number of amides is 1. The number of benzene rings is 2. The minimum atomic E-state index is -1.03. The first-order chi connectivity index (χ1) is 8.97. The Morgan fingerprint density at radius 2 is 1.74 bits per heavy atom. The van der Waals surface area contributed by atoms with Crippen LogP contribution in [0.15, 0.2) is 36.4 Å². The smallest absolute Gasteiger partial charge is 0.255 e. The molecule has 0 aliphatic heterocycles. The van der Waals surface area contributed by atoms with Crippen molar-refractivity contribution >= 4 is 11.6 Å². The normalized spacial score (nSPS) is 10.3. The minimum absolute atomic E-state index is 0.0823. The van der Waals surface area contributed by atoms with Crippen LogP contribution in [-0.4, -0.2) is 5.91 Å². The Hall–Kier alpha value is -2.23. The molecule has 98 valence electrons. The number of aryl methyl sites for hydroxylation is 2. The van der Waals surface area contributed by atoms with E-state index in [4.69, 9.17) is 0 Å². The van der Waals surface area contributed by atoms with Gasteiger partial charge in [-0.1, -0.05) is 17.7 Å². The van der Waals surface area contributed by atoms with Gasteiger partial charge in [0.25, 0.3) is 5.91 Å². The zero-order valence-corrected chi connectivity index (χ0v) is 10.6. The first-order valence-corrected chi connectivity index (χ1v) is 5.81. The van der Waals surface area contributed by atoms with Gasteiger partial charge in [0.05, 0.1) is 0 Å². The van der Waals surface area contributed by atoms with Crippen LogP contribution in [0.4, 0.5) is 14.5 Å². The van der Waals surface area contributed by atoms with E-state index in [1.165, 1.54) is 6.07 Å². The van der Waals surface area contributed by atoms with Crippen LogP contribution in [0.1, 0.15) is 21.5 Å². The standard InChI is InChI=1S/C15H13F2NO/c1-9-3-6-14(10(2)7-9)18-15(19)11-4-5-12(16)13(17)8-11/h3-8H,1-2H3,(H,18,19). The second-order valence-electron chi connectivity index (χ2n) is 4.40. The van der Waals surface area contributed by atoms with Crippen molar-refractivity contribution in [2.45, 2.75) is 13.8 Å². The van der Waals surface area contributed by atoms with Gasteiger partial charge in [0, 0.05) is 11.3 Å². The highest BCUT2D eigenvalue weighted by Gasteiger charge is 2.10. The Morgan fingerprint density at radius 1 is 1.00 bits per heavy atom. The summed E-state index contributed by atoms with van der Waals surface area (Å²) in [5.74, 6) is -2.47. The summed E-state index contributed by atoms with van der Waals surface area (Å²) >= 11 is 0. The molecule has 0 bridgehead atoms. The molecule has 0 aliphatic rings. The molecule has 0 aliphatic carbocycles. The number of halogens is 2. The summed E-state index contributed by atoms with van der Waals surface area (Å²) in [4.78, 5) is 11.9. The third-order valence-electron chi connectivity index (χ3n) is 2.81. The summed E-state index contributed by atoms with van der Waals surface area (Å²) in [6.45, 7) is 3.82. The maximum Gasteiger partial charge on any atom is 0.255 e. The molecule has 2 nitrogen and oxygen atoms in total. The molecule has 4 heteroatoms. The fourth-order valence-electron chi connectivity index (χ4n) is 1.79. The molecule has 19 heavy (non-hydrogen) atoms. The van der Waals surface area contributed by atoms with Crippen LogP contribution in [0.5, 0.6) is 0 Å². The summed E-state index contributed by atoms with van der Waals surface area (Å²) in [6, 6.07) is 8.65. The van der Waals surface area contributed by atoms with E-state index in [0.29, 0.717) is 5.69 Å². The van der Waals surface area contributed by atoms with Crippen molar-refractivity contribution in [1.82, 2.24) is 0 Å². The Morgan fingerprint density at radius 3 is 2.37 bits per heavy atom. The molecule has 0 unspecified atom stereocenters. The molecule has 1 amide bonds. The van der Waals surface area contributed by atoms with Gasteiger partial charge in [0.1, 0.15) is 0 Å². The van der Waals surface area contributed by atoms with Crippen molar-refractivity contribution in [1.29, 1.82) is 0 Å². The number of carbonyl (C=O) groups excluding carboxylic acids is 1. The maximum atomic E-state index is 13.1. The van der Waals surface area contributed by atoms with E-state index in [-0.39, 0.29) is 5.56 Å². The lowest BCUT2D eigenvalue weighted by molar-refractivity contribution is 0.102. The Balaban J connectivity index is 2.23. The molecule has 2 aromatic rings. The Kier molecular flexibility index (Phi) is 3.60. The molecule has 0 fully saturated rings. The van der Waals surface area contributed by atoms with Gasteiger partial charge in [-0.3, -0.25) is 4.79 Å². The molecule has 0 spiro atoms. The third kappa shape index (κ3) is 2.96. The van der Waals surface area contributed by atoms with E-state index < -0.39 is 17.5 Å². The van der Waals surface area contributed by atoms with Crippen LogP contribution in [0, 0.1) is 25.5 Å². The van der Waals surface area contributed by atoms with Crippen molar-refractivity contribution in [2.75, 3.05) is 5.32 Å². The zero-order valence-electron chi connectivity index (χ0n) is 10.6. The molecule has 0 saturated carbocycles. The highest BCUT2D eigenvalue weighted by molar-refractivity contribution is 6.04. The number of hydrogen-bond acceptors (Lipinski definition) is 1. The molecule has 1 N–H and O–H groups in total. The van der Waals surface area contributed by atoms with Crippen molar-refractivity contribution in [2.24, 2.45) is 0 Å². The van der Waals surface area contributed by atoms with Gasteiger partial charge in [-0.05, 0) is 43.7 Å². The topological polar surface area (TPSA) is 29.1 Å². The van der Waals surface area contributed by atoms with Gasteiger partial charge in [-0.25, -0.2) is 8.78 Å². The number of anilines is 1. The van der Waals surface area contributed by atoms with E-state index in [9.17, 15) is 13.6 Å². The van der Waals surface area contributed by atoms with Gasteiger partial charge >= 0.3 is 0 Å². The van der Waals surface area contributed by atoms with Gasteiger partial charge in [-0.2, -0.15) is 0 Å². The van der Waals surface area contributed by atoms with E-state index >= 15 is 0 Å².